The number of fused-ring (bicyclic) bond motifs is 1. The van der Waals surface area contributed by atoms with Crippen molar-refractivity contribution in [3.63, 3.8) is 0 Å². The molecule has 2 rings (SSSR count). The van der Waals surface area contributed by atoms with Crippen LogP contribution in [-0.4, -0.2) is 52.6 Å². The fourth-order valence-electron chi connectivity index (χ4n) is 2.31. The van der Waals surface area contributed by atoms with E-state index in [9.17, 15) is 15.0 Å². The molecule has 0 aliphatic rings. The van der Waals surface area contributed by atoms with Gasteiger partial charge in [0.25, 0.3) is 0 Å². The number of hydrogen-bond acceptors (Lipinski definition) is 5. The molecule has 0 saturated carbocycles. The maximum Gasteiger partial charge on any atom is 0.309 e. The SMILES string of the molecule is O=C(O)Cc1cc(N(CCO)CCO)c2ccccc2n1. The first-order valence-electron chi connectivity index (χ1n) is 6.73. The molecule has 0 amide bonds. The highest BCUT2D eigenvalue weighted by atomic mass is 16.4. The van der Waals surface area contributed by atoms with Crippen LogP contribution in [0.4, 0.5) is 5.69 Å². The van der Waals surface area contributed by atoms with E-state index in [0.717, 1.165) is 11.1 Å². The number of carbonyl (C=O) groups is 1. The molecule has 2 aromatic rings. The Kier molecular flexibility index (Phi) is 5.08. The highest BCUT2D eigenvalue weighted by Gasteiger charge is 2.13. The number of aliphatic hydroxyl groups excluding tert-OH is 2. The van der Waals surface area contributed by atoms with Crippen molar-refractivity contribution in [1.29, 1.82) is 0 Å². The molecule has 21 heavy (non-hydrogen) atoms. The highest BCUT2D eigenvalue weighted by molar-refractivity contribution is 5.92. The number of benzene rings is 1. The van der Waals surface area contributed by atoms with E-state index in [0.29, 0.717) is 24.3 Å². The molecule has 1 aromatic heterocycles. The molecule has 6 nitrogen and oxygen atoms in total. The minimum absolute atomic E-state index is 0.0507. The molecule has 0 saturated heterocycles. The van der Waals surface area contributed by atoms with Gasteiger partial charge in [0.1, 0.15) is 0 Å². The van der Waals surface area contributed by atoms with Gasteiger partial charge in [0, 0.05) is 24.2 Å². The molecular weight excluding hydrogens is 272 g/mol. The normalized spacial score (nSPS) is 10.8. The first-order chi connectivity index (χ1) is 10.2. The number of anilines is 1. The number of aliphatic carboxylic acids is 1. The van der Waals surface area contributed by atoms with E-state index in [2.05, 4.69) is 4.98 Å². The van der Waals surface area contributed by atoms with Crippen LogP contribution in [0.3, 0.4) is 0 Å². The third-order valence-corrected chi connectivity index (χ3v) is 3.16. The molecule has 0 unspecified atom stereocenters. The number of pyridine rings is 1. The Morgan fingerprint density at radius 1 is 1.14 bits per heavy atom. The van der Waals surface area contributed by atoms with E-state index in [-0.39, 0.29) is 19.6 Å². The van der Waals surface area contributed by atoms with E-state index in [1.807, 2.05) is 29.2 Å². The Labute approximate surface area is 122 Å². The van der Waals surface area contributed by atoms with Crippen LogP contribution in [-0.2, 0) is 11.2 Å². The maximum atomic E-state index is 10.9. The van der Waals surface area contributed by atoms with Crippen LogP contribution in [0.5, 0.6) is 0 Å². The summed E-state index contributed by atoms with van der Waals surface area (Å²) in [5, 5.41) is 28.2. The lowest BCUT2D eigenvalue weighted by molar-refractivity contribution is -0.136. The molecule has 0 bridgehead atoms. The zero-order chi connectivity index (χ0) is 15.2. The Balaban J connectivity index is 2.54. The summed E-state index contributed by atoms with van der Waals surface area (Å²) in [4.78, 5) is 17.1. The molecule has 0 aliphatic carbocycles. The second kappa shape index (κ2) is 7.01. The van der Waals surface area contributed by atoms with E-state index in [4.69, 9.17) is 5.11 Å². The fraction of sp³-hybridized carbons (Fsp3) is 0.333. The van der Waals surface area contributed by atoms with Gasteiger partial charge in [-0.25, -0.2) is 0 Å². The minimum atomic E-state index is -0.945. The van der Waals surface area contributed by atoms with E-state index >= 15 is 0 Å². The molecule has 0 radical (unpaired) electrons. The van der Waals surface area contributed by atoms with Crippen molar-refractivity contribution in [2.24, 2.45) is 0 Å². The standard InChI is InChI=1S/C15H18N2O4/c18-7-5-17(6-8-19)14-9-11(10-15(20)21)16-13-4-2-1-3-12(13)14/h1-4,9,18-19H,5-8,10H2,(H,20,21). The first-order valence-corrected chi connectivity index (χ1v) is 6.73. The summed E-state index contributed by atoms with van der Waals surface area (Å²) < 4.78 is 0. The lowest BCUT2D eigenvalue weighted by Crippen LogP contribution is -2.30. The lowest BCUT2D eigenvalue weighted by Gasteiger charge is -2.25. The van der Waals surface area contributed by atoms with Crippen LogP contribution < -0.4 is 4.90 Å². The van der Waals surface area contributed by atoms with Crippen molar-refractivity contribution in [3.05, 3.63) is 36.0 Å². The number of aromatic nitrogens is 1. The third kappa shape index (κ3) is 3.68. The molecule has 6 heteroatoms. The monoisotopic (exact) mass is 290 g/mol. The van der Waals surface area contributed by atoms with Gasteiger partial charge in [0.2, 0.25) is 0 Å². The van der Waals surface area contributed by atoms with Gasteiger partial charge >= 0.3 is 5.97 Å². The van der Waals surface area contributed by atoms with E-state index < -0.39 is 5.97 Å². The Hall–Kier alpha value is -2.18. The lowest BCUT2D eigenvalue weighted by atomic mass is 10.1. The number of nitrogens with zero attached hydrogens (tertiary/aromatic N) is 2. The Morgan fingerprint density at radius 2 is 1.81 bits per heavy atom. The molecule has 0 spiro atoms. The second-order valence-corrected chi connectivity index (χ2v) is 4.65. The molecule has 3 N–H and O–H groups in total. The van der Waals surface area contributed by atoms with Gasteiger partial charge in [-0.1, -0.05) is 18.2 Å². The first kappa shape index (κ1) is 15.2. The Morgan fingerprint density at radius 3 is 2.43 bits per heavy atom. The van der Waals surface area contributed by atoms with Gasteiger partial charge in [0.15, 0.2) is 0 Å². The van der Waals surface area contributed by atoms with Crippen LogP contribution in [0.1, 0.15) is 5.69 Å². The van der Waals surface area contributed by atoms with Crippen molar-refractivity contribution >= 4 is 22.6 Å². The molecule has 112 valence electrons. The second-order valence-electron chi connectivity index (χ2n) is 4.65. The number of rotatable bonds is 7. The van der Waals surface area contributed by atoms with Crippen LogP contribution >= 0.6 is 0 Å². The summed E-state index contributed by atoms with van der Waals surface area (Å²) in [6, 6.07) is 9.14. The zero-order valence-electron chi connectivity index (χ0n) is 11.6. The van der Waals surface area contributed by atoms with E-state index in [1.54, 1.807) is 6.07 Å². The van der Waals surface area contributed by atoms with E-state index in [1.165, 1.54) is 0 Å². The van der Waals surface area contributed by atoms with Crippen LogP contribution in [0.2, 0.25) is 0 Å². The maximum absolute atomic E-state index is 10.9. The van der Waals surface area contributed by atoms with Crippen molar-refractivity contribution < 1.29 is 20.1 Å². The molecule has 1 aromatic carbocycles. The van der Waals surface area contributed by atoms with Crippen molar-refractivity contribution in [3.8, 4) is 0 Å². The van der Waals surface area contributed by atoms with Gasteiger partial charge in [0.05, 0.1) is 30.8 Å². The summed E-state index contributed by atoms with van der Waals surface area (Å²) in [5.74, 6) is -0.945. The van der Waals surface area contributed by atoms with Crippen LogP contribution in [0.15, 0.2) is 30.3 Å². The molecular formula is C15H18N2O4. The smallest absolute Gasteiger partial charge is 0.309 e. The summed E-state index contributed by atoms with van der Waals surface area (Å²) in [6.45, 7) is 0.623. The molecule has 1 heterocycles. The molecule has 0 fully saturated rings. The Bertz CT molecular complexity index is 624. The number of carboxylic acid groups (broad SMARTS) is 1. The average molecular weight is 290 g/mol. The van der Waals surface area contributed by atoms with Crippen molar-refractivity contribution in [1.82, 2.24) is 4.98 Å². The number of para-hydroxylation sites is 1. The van der Waals surface area contributed by atoms with Crippen LogP contribution in [0, 0.1) is 0 Å². The summed E-state index contributed by atoms with van der Waals surface area (Å²) >= 11 is 0. The minimum Gasteiger partial charge on any atom is -0.481 e. The topological polar surface area (TPSA) is 93.9 Å². The summed E-state index contributed by atoms with van der Waals surface area (Å²) in [6.07, 6.45) is -0.163. The molecule has 0 aliphatic heterocycles. The number of carboxylic acids is 1. The van der Waals surface area contributed by atoms with Gasteiger partial charge in [-0.15, -0.1) is 0 Å². The van der Waals surface area contributed by atoms with Gasteiger partial charge in [-0.05, 0) is 12.1 Å². The fourth-order valence-corrected chi connectivity index (χ4v) is 2.31. The van der Waals surface area contributed by atoms with Crippen molar-refractivity contribution in [2.45, 2.75) is 6.42 Å². The predicted molar refractivity (Wildman–Crippen MR) is 79.5 cm³/mol. The van der Waals surface area contributed by atoms with Gasteiger partial charge in [-0.2, -0.15) is 0 Å². The predicted octanol–water partition coefficient (Wildman–Crippen LogP) is 0.653. The number of aliphatic hydroxyl groups is 2. The van der Waals surface area contributed by atoms with Crippen LogP contribution in [0.25, 0.3) is 10.9 Å². The summed E-state index contributed by atoms with van der Waals surface area (Å²) in [5.41, 5.74) is 1.93. The quantitative estimate of drug-likeness (QED) is 0.693. The van der Waals surface area contributed by atoms with Crippen molar-refractivity contribution in [2.75, 3.05) is 31.2 Å². The van der Waals surface area contributed by atoms with Gasteiger partial charge in [-0.3, -0.25) is 9.78 Å². The zero-order valence-corrected chi connectivity index (χ0v) is 11.6. The van der Waals surface area contributed by atoms with Gasteiger partial charge < -0.3 is 20.2 Å². The largest absolute Gasteiger partial charge is 0.481 e. The molecule has 0 atom stereocenters. The average Bonchev–Trinajstić information content (AvgIpc) is 2.45. The third-order valence-electron chi connectivity index (χ3n) is 3.16. The number of hydrogen-bond donors (Lipinski definition) is 3. The highest BCUT2D eigenvalue weighted by Crippen LogP contribution is 2.26. The summed E-state index contributed by atoms with van der Waals surface area (Å²) in [7, 11) is 0.